The summed E-state index contributed by atoms with van der Waals surface area (Å²) in [6.07, 6.45) is 0. The number of nitrogens with two attached hydrogens (primary N) is 1. The second-order valence-corrected chi connectivity index (χ2v) is 6.12. The molecular formula is C14H19F2N. The Balaban J connectivity index is 2.28. The van der Waals surface area contributed by atoms with E-state index in [1.807, 2.05) is 0 Å². The minimum atomic E-state index is -0.825. The summed E-state index contributed by atoms with van der Waals surface area (Å²) in [5.74, 6) is -1.36. The van der Waals surface area contributed by atoms with Crippen molar-refractivity contribution in [1.29, 1.82) is 0 Å². The van der Waals surface area contributed by atoms with Gasteiger partial charge in [0, 0.05) is 6.04 Å². The van der Waals surface area contributed by atoms with E-state index in [0.717, 1.165) is 6.07 Å². The first kappa shape index (κ1) is 12.5. The van der Waals surface area contributed by atoms with Gasteiger partial charge in [-0.15, -0.1) is 0 Å². The smallest absolute Gasteiger partial charge is 0.159 e. The number of hydrogen-bond donors (Lipinski definition) is 1. The summed E-state index contributed by atoms with van der Waals surface area (Å²) in [6, 6.07) is 3.69. The zero-order chi connectivity index (χ0) is 13.0. The Kier molecular flexibility index (Phi) is 2.58. The Labute approximate surface area is 101 Å². The van der Waals surface area contributed by atoms with Crippen molar-refractivity contribution in [3.63, 3.8) is 0 Å². The lowest BCUT2D eigenvalue weighted by Gasteiger charge is -2.14. The van der Waals surface area contributed by atoms with Crippen LogP contribution in [0, 0.1) is 28.4 Å². The SMILES string of the molecule is CC1(C)C(C(N)c2ccc(F)c(F)c2)C1(C)C. The predicted molar refractivity (Wildman–Crippen MR) is 64.3 cm³/mol. The zero-order valence-electron chi connectivity index (χ0n) is 10.7. The van der Waals surface area contributed by atoms with Crippen LogP contribution in [0.25, 0.3) is 0 Å². The highest BCUT2D eigenvalue weighted by Gasteiger charge is 2.66. The molecule has 1 fully saturated rings. The van der Waals surface area contributed by atoms with Crippen molar-refractivity contribution in [3.05, 3.63) is 35.4 Å². The molecule has 94 valence electrons. The molecule has 0 amide bonds. The third kappa shape index (κ3) is 1.68. The highest BCUT2D eigenvalue weighted by molar-refractivity contribution is 5.27. The molecule has 1 aromatic rings. The lowest BCUT2D eigenvalue weighted by molar-refractivity contribution is 0.457. The Morgan fingerprint density at radius 3 is 2.00 bits per heavy atom. The van der Waals surface area contributed by atoms with Crippen LogP contribution in [-0.2, 0) is 0 Å². The van der Waals surface area contributed by atoms with Crippen LogP contribution in [0.15, 0.2) is 18.2 Å². The van der Waals surface area contributed by atoms with Gasteiger partial charge >= 0.3 is 0 Å². The first-order valence-corrected chi connectivity index (χ1v) is 5.90. The molecule has 0 heterocycles. The van der Waals surface area contributed by atoms with Crippen molar-refractivity contribution in [2.75, 3.05) is 0 Å². The van der Waals surface area contributed by atoms with E-state index in [1.54, 1.807) is 6.07 Å². The maximum absolute atomic E-state index is 13.2. The predicted octanol–water partition coefficient (Wildman–Crippen LogP) is 3.65. The quantitative estimate of drug-likeness (QED) is 0.837. The Morgan fingerprint density at radius 2 is 1.59 bits per heavy atom. The van der Waals surface area contributed by atoms with Crippen LogP contribution >= 0.6 is 0 Å². The average Bonchev–Trinajstić information content (AvgIpc) is 2.61. The fraction of sp³-hybridized carbons (Fsp3) is 0.571. The standard InChI is InChI=1S/C14H19F2N/c1-13(2)12(14(13,3)4)11(17)8-5-6-9(15)10(16)7-8/h5-7,11-12H,17H2,1-4H3. The molecule has 2 N–H and O–H groups in total. The van der Waals surface area contributed by atoms with Gasteiger partial charge in [0.1, 0.15) is 0 Å². The first-order valence-electron chi connectivity index (χ1n) is 5.90. The van der Waals surface area contributed by atoms with Crippen LogP contribution in [0.5, 0.6) is 0 Å². The second-order valence-electron chi connectivity index (χ2n) is 6.12. The third-order valence-electron chi connectivity index (χ3n) is 4.82. The van der Waals surface area contributed by atoms with Crippen LogP contribution in [-0.4, -0.2) is 0 Å². The maximum atomic E-state index is 13.2. The van der Waals surface area contributed by atoms with Crippen LogP contribution in [0.1, 0.15) is 39.3 Å². The molecule has 1 aromatic carbocycles. The van der Waals surface area contributed by atoms with Gasteiger partial charge in [0.05, 0.1) is 0 Å². The van der Waals surface area contributed by atoms with E-state index in [2.05, 4.69) is 27.7 Å². The Bertz CT molecular complexity index is 438. The van der Waals surface area contributed by atoms with Crippen LogP contribution in [0.2, 0.25) is 0 Å². The highest BCUT2D eigenvalue weighted by atomic mass is 19.2. The molecule has 1 saturated carbocycles. The average molecular weight is 239 g/mol. The van der Waals surface area contributed by atoms with Crippen molar-refractivity contribution in [2.24, 2.45) is 22.5 Å². The van der Waals surface area contributed by atoms with E-state index in [0.29, 0.717) is 11.5 Å². The van der Waals surface area contributed by atoms with Gasteiger partial charge in [0.2, 0.25) is 0 Å². The van der Waals surface area contributed by atoms with Gasteiger partial charge in [-0.1, -0.05) is 33.8 Å². The molecule has 1 aliphatic rings. The molecule has 0 aliphatic heterocycles. The summed E-state index contributed by atoms with van der Waals surface area (Å²) in [5, 5.41) is 0. The normalized spacial score (nSPS) is 23.5. The lowest BCUT2D eigenvalue weighted by atomic mass is 9.97. The van der Waals surface area contributed by atoms with Crippen molar-refractivity contribution < 1.29 is 8.78 Å². The molecule has 1 nitrogen and oxygen atoms in total. The van der Waals surface area contributed by atoms with E-state index < -0.39 is 11.6 Å². The topological polar surface area (TPSA) is 26.0 Å². The molecule has 0 spiro atoms. The molecule has 2 rings (SSSR count). The van der Waals surface area contributed by atoms with Gasteiger partial charge in [-0.3, -0.25) is 0 Å². The summed E-state index contributed by atoms with van der Waals surface area (Å²) in [4.78, 5) is 0. The summed E-state index contributed by atoms with van der Waals surface area (Å²) in [5.41, 5.74) is 7.13. The summed E-state index contributed by atoms with van der Waals surface area (Å²) < 4.78 is 26.0. The second kappa shape index (κ2) is 3.52. The fourth-order valence-corrected chi connectivity index (χ4v) is 3.06. The van der Waals surface area contributed by atoms with Crippen molar-refractivity contribution >= 4 is 0 Å². The first-order chi connectivity index (χ1) is 7.69. The van der Waals surface area contributed by atoms with E-state index >= 15 is 0 Å². The van der Waals surface area contributed by atoms with Gasteiger partial charge < -0.3 is 5.73 Å². The summed E-state index contributed by atoms with van der Waals surface area (Å²) in [6.45, 7) is 8.66. The van der Waals surface area contributed by atoms with Gasteiger partial charge in [-0.25, -0.2) is 8.78 Å². The molecule has 17 heavy (non-hydrogen) atoms. The van der Waals surface area contributed by atoms with E-state index in [1.165, 1.54) is 6.07 Å². The fourth-order valence-electron chi connectivity index (χ4n) is 3.06. The number of hydrogen-bond acceptors (Lipinski definition) is 1. The van der Waals surface area contributed by atoms with Gasteiger partial charge in [0.25, 0.3) is 0 Å². The van der Waals surface area contributed by atoms with E-state index in [4.69, 9.17) is 5.73 Å². The monoisotopic (exact) mass is 239 g/mol. The summed E-state index contributed by atoms with van der Waals surface area (Å²) >= 11 is 0. The largest absolute Gasteiger partial charge is 0.324 e. The molecule has 1 unspecified atom stereocenters. The molecule has 1 aliphatic carbocycles. The number of benzene rings is 1. The minimum Gasteiger partial charge on any atom is -0.324 e. The molecule has 0 saturated heterocycles. The Hall–Kier alpha value is -0.960. The number of rotatable bonds is 2. The highest BCUT2D eigenvalue weighted by Crippen LogP contribution is 2.71. The summed E-state index contributed by atoms with van der Waals surface area (Å²) in [7, 11) is 0. The minimum absolute atomic E-state index is 0.136. The molecule has 0 radical (unpaired) electrons. The number of halogens is 2. The maximum Gasteiger partial charge on any atom is 0.159 e. The van der Waals surface area contributed by atoms with Gasteiger partial charge in [-0.05, 0) is 34.4 Å². The van der Waals surface area contributed by atoms with Crippen molar-refractivity contribution in [1.82, 2.24) is 0 Å². The van der Waals surface area contributed by atoms with Crippen LogP contribution in [0.4, 0.5) is 8.78 Å². The van der Waals surface area contributed by atoms with Crippen LogP contribution in [0.3, 0.4) is 0 Å². The third-order valence-corrected chi connectivity index (χ3v) is 4.82. The van der Waals surface area contributed by atoms with Crippen molar-refractivity contribution in [3.8, 4) is 0 Å². The molecule has 1 atom stereocenters. The van der Waals surface area contributed by atoms with E-state index in [-0.39, 0.29) is 16.9 Å². The van der Waals surface area contributed by atoms with E-state index in [9.17, 15) is 8.78 Å². The van der Waals surface area contributed by atoms with Crippen molar-refractivity contribution in [2.45, 2.75) is 33.7 Å². The lowest BCUT2D eigenvalue weighted by Crippen LogP contribution is -2.16. The molecule has 0 bridgehead atoms. The molecule has 0 aromatic heterocycles. The van der Waals surface area contributed by atoms with Crippen LogP contribution < -0.4 is 5.73 Å². The molecule has 3 heteroatoms. The van der Waals surface area contributed by atoms with Gasteiger partial charge in [0.15, 0.2) is 11.6 Å². The Morgan fingerprint density at radius 1 is 1.06 bits per heavy atom. The van der Waals surface area contributed by atoms with Gasteiger partial charge in [-0.2, -0.15) is 0 Å². The zero-order valence-corrected chi connectivity index (χ0v) is 10.7. The molecular weight excluding hydrogens is 220 g/mol.